The molecule has 1 fully saturated rings. The van der Waals surface area contributed by atoms with Crippen LogP contribution in [0.5, 0.6) is 0 Å². The molecule has 1 atom stereocenters. The van der Waals surface area contributed by atoms with Crippen molar-refractivity contribution in [1.82, 2.24) is 20.5 Å². The molecule has 17 heavy (non-hydrogen) atoms. The summed E-state index contributed by atoms with van der Waals surface area (Å²) in [6.45, 7) is 0. The number of nitrogens with zero attached hydrogens (tertiary/aromatic N) is 2. The Kier molecular flexibility index (Phi) is 2.66. The minimum Gasteiger partial charge on any atom is -0.346 e. The monoisotopic (exact) mass is 232 g/mol. The first-order chi connectivity index (χ1) is 8.33. The molecule has 2 aliphatic carbocycles. The quantitative estimate of drug-likeness (QED) is 0.776. The number of allylic oxidation sites excluding steroid dienone is 1. The van der Waals surface area contributed by atoms with Gasteiger partial charge in [0.05, 0.1) is 0 Å². The molecule has 90 valence electrons. The Morgan fingerprint density at radius 2 is 2.24 bits per heavy atom. The molecule has 1 amide bonds. The van der Waals surface area contributed by atoms with Gasteiger partial charge in [0, 0.05) is 12.0 Å². The van der Waals surface area contributed by atoms with Crippen LogP contribution in [0.2, 0.25) is 0 Å². The molecule has 1 saturated carbocycles. The van der Waals surface area contributed by atoms with Crippen LogP contribution in [-0.2, 0) is 0 Å². The number of nitrogens with one attached hydrogen (secondary N) is 2. The molecule has 0 aliphatic heterocycles. The van der Waals surface area contributed by atoms with Gasteiger partial charge in [-0.2, -0.15) is 0 Å². The number of hydrogen-bond acceptors (Lipinski definition) is 3. The zero-order chi connectivity index (χ0) is 11.7. The van der Waals surface area contributed by atoms with E-state index in [1.165, 1.54) is 0 Å². The fraction of sp³-hybridized carbons (Fsp3) is 0.583. The summed E-state index contributed by atoms with van der Waals surface area (Å²) < 4.78 is 0. The minimum absolute atomic E-state index is 0.159. The molecule has 0 saturated heterocycles. The van der Waals surface area contributed by atoms with Gasteiger partial charge < -0.3 is 5.32 Å². The van der Waals surface area contributed by atoms with E-state index < -0.39 is 0 Å². The number of rotatable bonds is 3. The molecular weight excluding hydrogens is 216 g/mol. The number of carbonyl (C=O) groups is 1. The first-order valence-electron chi connectivity index (χ1n) is 6.21. The molecule has 1 aromatic rings. The first kappa shape index (κ1) is 10.5. The van der Waals surface area contributed by atoms with Crippen LogP contribution in [0, 0.1) is 0 Å². The van der Waals surface area contributed by atoms with Crippen LogP contribution >= 0.6 is 0 Å². The lowest BCUT2D eigenvalue weighted by Gasteiger charge is -2.18. The predicted octanol–water partition coefficient (Wildman–Crippen LogP) is 1.52. The lowest BCUT2D eigenvalue weighted by molar-refractivity contribution is 0.0924. The smallest absolute Gasteiger partial charge is 0.291 e. The zero-order valence-electron chi connectivity index (χ0n) is 9.65. The predicted molar refractivity (Wildman–Crippen MR) is 62.6 cm³/mol. The van der Waals surface area contributed by atoms with E-state index in [1.807, 2.05) is 0 Å². The molecule has 5 nitrogen and oxygen atoms in total. The van der Waals surface area contributed by atoms with Gasteiger partial charge in [0.15, 0.2) is 0 Å². The number of aromatic nitrogens is 3. The molecule has 0 spiro atoms. The average Bonchev–Trinajstić information content (AvgIpc) is 3.08. The second-order valence-corrected chi connectivity index (χ2v) is 4.77. The minimum atomic E-state index is -0.159. The van der Waals surface area contributed by atoms with E-state index in [2.05, 4.69) is 32.7 Å². The zero-order valence-corrected chi connectivity index (χ0v) is 9.65. The van der Waals surface area contributed by atoms with Gasteiger partial charge in [-0.15, -0.1) is 5.10 Å². The molecule has 2 aliphatic rings. The summed E-state index contributed by atoms with van der Waals surface area (Å²) in [5.74, 6) is 1.48. The van der Waals surface area contributed by atoms with Gasteiger partial charge in [-0.05, 0) is 32.1 Å². The fourth-order valence-electron chi connectivity index (χ4n) is 2.09. The van der Waals surface area contributed by atoms with Crippen LogP contribution in [0.3, 0.4) is 0 Å². The van der Waals surface area contributed by atoms with Gasteiger partial charge in [-0.25, -0.2) is 4.98 Å². The van der Waals surface area contributed by atoms with Crippen molar-refractivity contribution in [3.63, 3.8) is 0 Å². The third-order valence-corrected chi connectivity index (χ3v) is 3.27. The highest BCUT2D eigenvalue weighted by Gasteiger charge is 2.28. The van der Waals surface area contributed by atoms with Crippen LogP contribution in [0.4, 0.5) is 0 Å². The largest absolute Gasteiger partial charge is 0.346 e. The maximum absolute atomic E-state index is 11.9. The van der Waals surface area contributed by atoms with E-state index in [0.717, 1.165) is 37.9 Å². The molecule has 1 unspecified atom stereocenters. The Morgan fingerprint density at radius 1 is 1.35 bits per heavy atom. The lowest BCUT2D eigenvalue weighted by atomic mass is 10.0. The molecule has 5 heteroatoms. The van der Waals surface area contributed by atoms with Crippen LogP contribution in [0.25, 0.3) is 0 Å². The van der Waals surface area contributed by atoms with Gasteiger partial charge in [0.2, 0.25) is 5.82 Å². The van der Waals surface area contributed by atoms with Crippen molar-refractivity contribution in [3.8, 4) is 0 Å². The van der Waals surface area contributed by atoms with Crippen molar-refractivity contribution in [2.75, 3.05) is 0 Å². The summed E-state index contributed by atoms with van der Waals surface area (Å²) in [7, 11) is 0. The molecule has 2 N–H and O–H groups in total. The third kappa shape index (κ3) is 2.38. The van der Waals surface area contributed by atoms with Gasteiger partial charge in [-0.3, -0.25) is 9.89 Å². The van der Waals surface area contributed by atoms with Crippen molar-refractivity contribution in [3.05, 3.63) is 23.8 Å². The van der Waals surface area contributed by atoms with Crippen molar-refractivity contribution in [1.29, 1.82) is 0 Å². The fourth-order valence-corrected chi connectivity index (χ4v) is 2.09. The Morgan fingerprint density at radius 3 is 2.94 bits per heavy atom. The van der Waals surface area contributed by atoms with Gasteiger partial charge in [0.1, 0.15) is 5.82 Å². The van der Waals surface area contributed by atoms with Crippen LogP contribution in [-0.4, -0.2) is 27.1 Å². The van der Waals surface area contributed by atoms with E-state index in [1.54, 1.807) is 0 Å². The average molecular weight is 232 g/mol. The topological polar surface area (TPSA) is 70.7 Å². The highest BCUT2D eigenvalue weighted by molar-refractivity contribution is 5.90. The van der Waals surface area contributed by atoms with E-state index in [9.17, 15) is 4.79 Å². The Labute approximate surface area is 99.7 Å². The Hall–Kier alpha value is -1.65. The van der Waals surface area contributed by atoms with Crippen molar-refractivity contribution in [2.24, 2.45) is 0 Å². The second-order valence-electron chi connectivity index (χ2n) is 4.77. The number of carbonyl (C=O) groups excluding carboxylic acids is 1. The Bertz CT molecular complexity index is 447. The van der Waals surface area contributed by atoms with Gasteiger partial charge in [-0.1, -0.05) is 12.2 Å². The normalized spacial score (nSPS) is 23.6. The number of H-pyrrole nitrogens is 1. The first-order valence-corrected chi connectivity index (χ1v) is 6.21. The van der Waals surface area contributed by atoms with E-state index in [-0.39, 0.29) is 17.8 Å². The van der Waals surface area contributed by atoms with Gasteiger partial charge in [0.25, 0.3) is 5.91 Å². The molecule has 0 radical (unpaired) electrons. The highest BCUT2D eigenvalue weighted by Crippen LogP contribution is 2.37. The molecule has 1 aromatic heterocycles. The number of hydrogen-bond donors (Lipinski definition) is 2. The summed E-state index contributed by atoms with van der Waals surface area (Å²) in [6, 6.07) is 0.232. The maximum atomic E-state index is 11.9. The summed E-state index contributed by atoms with van der Waals surface area (Å²) >= 11 is 0. The summed E-state index contributed by atoms with van der Waals surface area (Å²) in [4.78, 5) is 16.1. The molecule has 1 heterocycles. The van der Waals surface area contributed by atoms with Crippen LogP contribution in [0.1, 0.15) is 54.5 Å². The second kappa shape index (κ2) is 4.31. The highest BCUT2D eigenvalue weighted by atomic mass is 16.2. The van der Waals surface area contributed by atoms with Crippen molar-refractivity contribution >= 4 is 5.91 Å². The molecule has 0 aromatic carbocycles. The molecule has 0 bridgehead atoms. The van der Waals surface area contributed by atoms with E-state index in [0.29, 0.717) is 5.92 Å². The van der Waals surface area contributed by atoms with E-state index >= 15 is 0 Å². The van der Waals surface area contributed by atoms with Crippen molar-refractivity contribution < 1.29 is 4.79 Å². The van der Waals surface area contributed by atoms with Crippen LogP contribution < -0.4 is 5.32 Å². The third-order valence-electron chi connectivity index (χ3n) is 3.27. The lowest BCUT2D eigenvalue weighted by Crippen LogP contribution is -2.35. The summed E-state index contributed by atoms with van der Waals surface area (Å²) in [6.07, 6.45) is 9.52. The van der Waals surface area contributed by atoms with Crippen LogP contribution in [0.15, 0.2) is 12.2 Å². The Balaban J connectivity index is 1.62. The number of amides is 1. The standard InChI is InChI=1S/C12H16N4O/c17-12(13-9-4-2-1-3-5-9)11-14-10(15-16-11)8-6-7-8/h1-2,8-9H,3-7H2,(H,13,17)(H,14,15,16). The molecule has 3 rings (SSSR count). The molecular formula is C12H16N4O. The van der Waals surface area contributed by atoms with Crippen molar-refractivity contribution in [2.45, 2.75) is 44.1 Å². The number of aromatic amines is 1. The van der Waals surface area contributed by atoms with Gasteiger partial charge >= 0.3 is 0 Å². The maximum Gasteiger partial charge on any atom is 0.291 e. The summed E-state index contributed by atoms with van der Waals surface area (Å²) in [5.41, 5.74) is 0. The SMILES string of the molecule is O=C(NC1CC=CCC1)c1n[nH]c(C2CC2)n1. The van der Waals surface area contributed by atoms with E-state index in [4.69, 9.17) is 0 Å². The summed E-state index contributed by atoms with van der Waals surface area (Å²) in [5, 5.41) is 9.80.